The van der Waals surface area contributed by atoms with Crippen LogP contribution in [0.5, 0.6) is 0 Å². The molecule has 2 rings (SSSR count). The van der Waals surface area contributed by atoms with Gasteiger partial charge in [-0.05, 0) is 42.3 Å². The molecule has 0 spiro atoms. The maximum Gasteiger partial charge on any atom is 0.106 e. The highest BCUT2D eigenvalue weighted by Crippen LogP contribution is 2.21. The molecule has 0 radical (unpaired) electrons. The van der Waals surface area contributed by atoms with E-state index in [0.29, 0.717) is 10.0 Å². The van der Waals surface area contributed by atoms with E-state index in [1.165, 1.54) is 5.56 Å². The minimum Gasteiger partial charge on any atom is -0.389 e. The van der Waals surface area contributed by atoms with Gasteiger partial charge in [-0.2, -0.15) is 0 Å². The third kappa shape index (κ3) is 4.10. The first-order chi connectivity index (χ1) is 9.56. The molecule has 0 saturated heterocycles. The number of halogens is 2. The lowest BCUT2D eigenvalue weighted by molar-refractivity contribution is 1.02. The quantitative estimate of drug-likeness (QED) is 0.806. The van der Waals surface area contributed by atoms with E-state index in [2.05, 4.69) is 5.32 Å². The highest BCUT2D eigenvalue weighted by Gasteiger charge is 2.05. The summed E-state index contributed by atoms with van der Waals surface area (Å²) in [5.74, 6) is 0. The van der Waals surface area contributed by atoms with Crippen LogP contribution in [0.2, 0.25) is 10.0 Å². The Labute approximate surface area is 133 Å². The van der Waals surface area contributed by atoms with Crippen LogP contribution in [0.3, 0.4) is 0 Å². The van der Waals surface area contributed by atoms with E-state index in [4.69, 9.17) is 41.2 Å². The summed E-state index contributed by atoms with van der Waals surface area (Å²) in [6.07, 6.45) is 0.875. The molecule has 5 heteroatoms. The molecular formula is C15H14Cl2N2S. The molecule has 2 aromatic rings. The summed E-state index contributed by atoms with van der Waals surface area (Å²) in [5.41, 5.74) is 8.57. The monoisotopic (exact) mass is 324 g/mol. The van der Waals surface area contributed by atoms with Crippen LogP contribution in [0.15, 0.2) is 42.5 Å². The van der Waals surface area contributed by atoms with Gasteiger partial charge >= 0.3 is 0 Å². The molecule has 20 heavy (non-hydrogen) atoms. The molecule has 2 aromatic carbocycles. The zero-order chi connectivity index (χ0) is 14.5. The van der Waals surface area contributed by atoms with E-state index in [9.17, 15) is 0 Å². The molecule has 0 heterocycles. The summed E-state index contributed by atoms with van der Waals surface area (Å²) in [5, 5.41) is 4.71. The van der Waals surface area contributed by atoms with Crippen LogP contribution >= 0.6 is 35.4 Å². The molecule has 0 amide bonds. The van der Waals surface area contributed by atoms with Gasteiger partial charge < -0.3 is 11.1 Å². The summed E-state index contributed by atoms with van der Waals surface area (Å²) < 4.78 is 0. The van der Waals surface area contributed by atoms with Crippen molar-refractivity contribution in [1.29, 1.82) is 0 Å². The summed E-state index contributed by atoms with van der Waals surface area (Å²) in [4.78, 5) is 0.357. The topological polar surface area (TPSA) is 38.0 Å². The molecule has 3 N–H and O–H groups in total. The number of hydrogen-bond donors (Lipinski definition) is 2. The molecule has 0 aliphatic carbocycles. The third-order valence-corrected chi connectivity index (χ3v) is 3.60. The van der Waals surface area contributed by atoms with Gasteiger partial charge in [-0.25, -0.2) is 0 Å². The average Bonchev–Trinajstić information content (AvgIpc) is 2.41. The fourth-order valence-electron chi connectivity index (χ4n) is 1.87. The Morgan fingerprint density at radius 3 is 2.35 bits per heavy atom. The van der Waals surface area contributed by atoms with Crippen LogP contribution in [0, 0.1) is 0 Å². The van der Waals surface area contributed by atoms with E-state index >= 15 is 0 Å². The predicted molar refractivity (Wildman–Crippen MR) is 91.0 cm³/mol. The van der Waals surface area contributed by atoms with Crippen molar-refractivity contribution < 1.29 is 0 Å². The van der Waals surface area contributed by atoms with Crippen LogP contribution in [-0.2, 0) is 6.42 Å². The zero-order valence-corrected chi connectivity index (χ0v) is 13.0. The first-order valence-electron chi connectivity index (χ1n) is 6.14. The van der Waals surface area contributed by atoms with Gasteiger partial charge in [-0.1, -0.05) is 47.6 Å². The van der Waals surface area contributed by atoms with E-state index < -0.39 is 0 Å². The van der Waals surface area contributed by atoms with Gasteiger partial charge in [-0.3, -0.25) is 0 Å². The molecular weight excluding hydrogens is 311 g/mol. The third-order valence-electron chi connectivity index (χ3n) is 2.89. The molecule has 0 aliphatic rings. The zero-order valence-electron chi connectivity index (χ0n) is 10.7. The van der Waals surface area contributed by atoms with Crippen molar-refractivity contribution in [2.45, 2.75) is 6.42 Å². The van der Waals surface area contributed by atoms with Crippen LogP contribution < -0.4 is 11.1 Å². The van der Waals surface area contributed by atoms with Crippen molar-refractivity contribution in [3.63, 3.8) is 0 Å². The van der Waals surface area contributed by atoms with Gasteiger partial charge in [-0.15, -0.1) is 0 Å². The molecule has 0 aromatic heterocycles. The first kappa shape index (κ1) is 15.1. The van der Waals surface area contributed by atoms with Crippen LogP contribution in [0.4, 0.5) is 5.69 Å². The number of hydrogen-bond acceptors (Lipinski definition) is 2. The Hall–Kier alpha value is -1.29. The van der Waals surface area contributed by atoms with Crippen LogP contribution in [0.1, 0.15) is 11.1 Å². The summed E-state index contributed by atoms with van der Waals surface area (Å²) in [6.45, 7) is 0.761. The van der Waals surface area contributed by atoms with E-state index in [0.717, 1.165) is 29.2 Å². The number of nitrogens with one attached hydrogen (secondary N) is 1. The molecule has 2 nitrogen and oxygen atoms in total. The van der Waals surface area contributed by atoms with E-state index in [1.807, 2.05) is 36.4 Å². The second-order valence-corrected chi connectivity index (χ2v) is 5.67. The van der Waals surface area contributed by atoms with Crippen molar-refractivity contribution in [3.05, 3.63) is 63.6 Å². The molecule has 0 fully saturated rings. The van der Waals surface area contributed by atoms with Crippen molar-refractivity contribution in [1.82, 2.24) is 0 Å². The molecule has 0 saturated carbocycles. The van der Waals surface area contributed by atoms with Crippen LogP contribution in [0.25, 0.3) is 0 Å². The molecule has 0 atom stereocenters. The van der Waals surface area contributed by atoms with Crippen molar-refractivity contribution in [2.75, 3.05) is 11.9 Å². The van der Waals surface area contributed by atoms with Gasteiger partial charge in [0.25, 0.3) is 0 Å². The lowest BCUT2D eigenvalue weighted by atomic mass is 10.1. The largest absolute Gasteiger partial charge is 0.389 e. The van der Waals surface area contributed by atoms with Crippen LogP contribution in [-0.4, -0.2) is 11.5 Å². The van der Waals surface area contributed by atoms with Crippen molar-refractivity contribution in [3.8, 4) is 0 Å². The smallest absolute Gasteiger partial charge is 0.106 e. The Morgan fingerprint density at radius 2 is 1.70 bits per heavy atom. The Bertz CT molecular complexity index is 612. The number of thiocarbonyl (C=S) groups is 1. The Morgan fingerprint density at radius 1 is 1.05 bits per heavy atom. The second kappa shape index (κ2) is 6.93. The van der Waals surface area contributed by atoms with E-state index in [-0.39, 0.29) is 0 Å². The summed E-state index contributed by atoms with van der Waals surface area (Å²) in [7, 11) is 0. The van der Waals surface area contributed by atoms with Crippen molar-refractivity contribution >= 4 is 46.1 Å². The minimum absolute atomic E-state index is 0.357. The fraction of sp³-hybridized carbons (Fsp3) is 0.133. The molecule has 0 bridgehead atoms. The van der Waals surface area contributed by atoms with Gasteiger partial charge in [0.15, 0.2) is 0 Å². The van der Waals surface area contributed by atoms with Crippen molar-refractivity contribution in [2.24, 2.45) is 5.73 Å². The molecule has 0 aliphatic heterocycles. The normalized spacial score (nSPS) is 10.3. The lowest BCUT2D eigenvalue weighted by Crippen LogP contribution is -2.14. The standard InChI is InChI=1S/C15H14Cl2N2S/c16-11-3-1-10(2-4-11)7-8-19-14-9-12(17)5-6-13(14)15(18)20/h1-6,9,19H,7-8H2,(H2,18,20). The highest BCUT2D eigenvalue weighted by atomic mass is 35.5. The second-order valence-electron chi connectivity index (χ2n) is 4.36. The molecule has 104 valence electrons. The average molecular weight is 325 g/mol. The highest BCUT2D eigenvalue weighted by molar-refractivity contribution is 7.80. The van der Waals surface area contributed by atoms with E-state index in [1.54, 1.807) is 6.07 Å². The lowest BCUT2D eigenvalue weighted by Gasteiger charge is -2.11. The predicted octanol–water partition coefficient (Wildman–Crippen LogP) is 4.28. The minimum atomic E-state index is 0.357. The number of nitrogens with two attached hydrogens (primary N) is 1. The van der Waals surface area contributed by atoms with Gasteiger partial charge in [0.2, 0.25) is 0 Å². The summed E-state index contributed by atoms with van der Waals surface area (Å²) in [6, 6.07) is 13.2. The maximum absolute atomic E-state index is 6.00. The van der Waals surface area contributed by atoms with Gasteiger partial charge in [0.1, 0.15) is 4.99 Å². The van der Waals surface area contributed by atoms with Gasteiger partial charge in [0, 0.05) is 27.8 Å². The Balaban J connectivity index is 2.02. The molecule has 0 unspecified atom stereocenters. The number of rotatable bonds is 5. The maximum atomic E-state index is 6.00. The summed E-state index contributed by atoms with van der Waals surface area (Å²) >= 11 is 16.9. The van der Waals surface area contributed by atoms with Gasteiger partial charge in [0.05, 0.1) is 0 Å². The fourth-order valence-corrected chi connectivity index (χ4v) is 2.35. The number of anilines is 1. The number of benzene rings is 2. The first-order valence-corrected chi connectivity index (χ1v) is 7.30. The Kier molecular flexibility index (Phi) is 5.24. The SMILES string of the molecule is NC(=S)c1ccc(Cl)cc1NCCc1ccc(Cl)cc1.